The van der Waals surface area contributed by atoms with Gasteiger partial charge in [-0.05, 0) is 52.2 Å². The Morgan fingerprint density at radius 2 is 2.21 bits per heavy atom. The SMILES string of the molecule is CCn1cc(Br)cc1C(=O)NC(C(=O)O)c1ccc2c(c1)CCO2. The van der Waals surface area contributed by atoms with E-state index in [0.29, 0.717) is 24.4 Å². The second-order valence-corrected chi connectivity index (χ2v) is 6.46. The number of amides is 1. The van der Waals surface area contributed by atoms with Crippen molar-refractivity contribution in [3.05, 3.63) is 51.8 Å². The third-order valence-corrected chi connectivity index (χ3v) is 4.44. The largest absolute Gasteiger partial charge is 0.493 e. The lowest BCUT2D eigenvalue weighted by Crippen LogP contribution is -2.34. The zero-order valence-corrected chi connectivity index (χ0v) is 14.7. The van der Waals surface area contributed by atoms with Crippen molar-refractivity contribution in [1.29, 1.82) is 0 Å². The van der Waals surface area contributed by atoms with Gasteiger partial charge in [0.2, 0.25) is 0 Å². The van der Waals surface area contributed by atoms with Crippen molar-refractivity contribution < 1.29 is 19.4 Å². The van der Waals surface area contributed by atoms with Crippen LogP contribution in [0.1, 0.15) is 34.6 Å². The number of carbonyl (C=O) groups is 2. The minimum Gasteiger partial charge on any atom is -0.493 e. The molecule has 1 aromatic heterocycles. The van der Waals surface area contributed by atoms with Crippen molar-refractivity contribution in [3.8, 4) is 5.75 Å². The first-order valence-corrected chi connectivity index (χ1v) is 8.44. The molecule has 3 rings (SSSR count). The van der Waals surface area contributed by atoms with E-state index in [4.69, 9.17) is 4.74 Å². The molecule has 1 aliphatic heterocycles. The van der Waals surface area contributed by atoms with Crippen LogP contribution in [0.5, 0.6) is 5.75 Å². The zero-order valence-electron chi connectivity index (χ0n) is 13.1. The molecule has 2 heterocycles. The van der Waals surface area contributed by atoms with E-state index < -0.39 is 17.9 Å². The number of nitrogens with zero attached hydrogens (tertiary/aromatic N) is 1. The Kier molecular flexibility index (Phi) is 4.62. The van der Waals surface area contributed by atoms with Crippen molar-refractivity contribution in [2.24, 2.45) is 0 Å². The summed E-state index contributed by atoms with van der Waals surface area (Å²) >= 11 is 3.33. The molecule has 0 radical (unpaired) electrons. The van der Waals surface area contributed by atoms with Crippen molar-refractivity contribution in [1.82, 2.24) is 9.88 Å². The predicted molar refractivity (Wildman–Crippen MR) is 91.3 cm³/mol. The number of nitrogens with one attached hydrogen (secondary N) is 1. The molecule has 126 valence electrons. The van der Waals surface area contributed by atoms with E-state index in [2.05, 4.69) is 21.2 Å². The van der Waals surface area contributed by atoms with E-state index in [1.54, 1.807) is 35.0 Å². The third-order valence-electron chi connectivity index (χ3n) is 4.01. The van der Waals surface area contributed by atoms with Crippen LogP contribution < -0.4 is 10.1 Å². The van der Waals surface area contributed by atoms with Gasteiger partial charge in [0.1, 0.15) is 11.4 Å². The Labute approximate surface area is 147 Å². The van der Waals surface area contributed by atoms with Crippen LogP contribution in [-0.2, 0) is 17.8 Å². The van der Waals surface area contributed by atoms with Gasteiger partial charge in [0.05, 0.1) is 6.61 Å². The summed E-state index contributed by atoms with van der Waals surface area (Å²) in [7, 11) is 0. The van der Waals surface area contributed by atoms with Gasteiger partial charge in [0, 0.05) is 23.6 Å². The average Bonchev–Trinajstić information content (AvgIpc) is 3.17. The Bertz CT molecular complexity index is 800. The number of carbonyl (C=O) groups excluding carboxylic acids is 1. The zero-order chi connectivity index (χ0) is 17.3. The summed E-state index contributed by atoms with van der Waals surface area (Å²) in [6, 6.07) is 5.79. The van der Waals surface area contributed by atoms with Crippen molar-refractivity contribution in [2.45, 2.75) is 25.9 Å². The number of rotatable bonds is 5. The highest BCUT2D eigenvalue weighted by atomic mass is 79.9. The summed E-state index contributed by atoms with van der Waals surface area (Å²) in [6.45, 7) is 3.13. The van der Waals surface area contributed by atoms with Crippen LogP contribution in [0.4, 0.5) is 0 Å². The highest BCUT2D eigenvalue weighted by molar-refractivity contribution is 9.10. The highest BCUT2D eigenvalue weighted by Gasteiger charge is 2.26. The van der Waals surface area contributed by atoms with Gasteiger partial charge >= 0.3 is 5.97 Å². The Morgan fingerprint density at radius 1 is 1.42 bits per heavy atom. The second-order valence-electron chi connectivity index (χ2n) is 5.54. The summed E-state index contributed by atoms with van der Waals surface area (Å²) in [4.78, 5) is 24.2. The highest BCUT2D eigenvalue weighted by Crippen LogP contribution is 2.28. The fourth-order valence-electron chi connectivity index (χ4n) is 2.81. The number of carboxylic acids is 1. The van der Waals surface area contributed by atoms with Gasteiger partial charge in [-0.15, -0.1) is 0 Å². The molecule has 1 aromatic carbocycles. The average molecular weight is 393 g/mol. The van der Waals surface area contributed by atoms with Crippen LogP contribution in [0.3, 0.4) is 0 Å². The van der Waals surface area contributed by atoms with Crippen LogP contribution in [0.15, 0.2) is 34.9 Å². The first-order chi connectivity index (χ1) is 11.5. The smallest absolute Gasteiger partial charge is 0.330 e. The van der Waals surface area contributed by atoms with Gasteiger partial charge in [-0.25, -0.2) is 4.79 Å². The van der Waals surface area contributed by atoms with E-state index in [1.807, 2.05) is 6.92 Å². The molecule has 0 spiro atoms. The maximum Gasteiger partial charge on any atom is 0.330 e. The number of aromatic nitrogens is 1. The topological polar surface area (TPSA) is 80.6 Å². The van der Waals surface area contributed by atoms with Gasteiger partial charge in [0.15, 0.2) is 6.04 Å². The maximum absolute atomic E-state index is 12.5. The number of halogens is 1. The molecule has 2 N–H and O–H groups in total. The summed E-state index contributed by atoms with van der Waals surface area (Å²) in [5, 5.41) is 12.1. The number of hydrogen-bond donors (Lipinski definition) is 2. The second kappa shape index (κ2) is 6.68. The number of hydrogen-bond acceptors (Lipinski definition) is 3. The maximum atomic E-state index is 12.5. The lowest BCUT2D eigenvalue weighted by Gasteiger charge is -2.16. The van der Waals surface area contributed by atoms with Crippen LogP contribution in [0.25, 0.3) is 0 Å². The summed E-state index contributed by atoms with van der Waals surface area (Å²) < 4.78 is 7.97. The first-order valence-electron chi connectivity index (χ1n) is 7.64. The lowest BCUT2D eigenvalue weighted by molar-refractivity contribution is -0.139. The molecule has 6 nitrogen and oxygen atoms in total. The van der Waals surface area contributed by atoms with Gasteiger partial charge < -0.3 is 19.7 Å². The van der Waals surface area contributed by atoms with Crippen LogP contribution in [-0.4, -0.2) is 28.2 Å². The van der Waals surface area contributed by atoms with Crippen molar-refractivity contribution in [2.75, 3.05) is 6.61 Å². The molecule has 0 saturated heterocycles. The number of fused-ring (bicyclic) bond motifs is 1. The van der Waals surface area contributed by atoms with Gasteiger partial charge in [0.25, 0.3) is 5.91 Å². The molecular formula is C17H17BrN2O4. The molecule has 2 aromatic rings. The molecule has 1 atom stereocenters. The van der Waals surface area contributed by atoms with E-state index in [-0.39, 0.29) is 0 Å². The number of ether oxygens (including phenoxy) is 1. The van der Waals surface area contributed by atoms with Crippen LogP contribution in [0.2, 0.25) is 0 Å². The number of benzene rings is 1. The lowest BCUT2D eigenvalue weighted by atomic mass is 10.0. The molecule has 7 heteroatoms. The number of aryl methyl sites for hydroxylation is 1. The van der Waals surface area contributed by atoms with Gasteiger partial charge in [-0.3, -0.25) is 4.79 Å². The third kappa shape index (κ3) is 3.17. The monoisotopic (exact) mass is 392 g/mol. The van der Waals surface area contributed by atoms with E-state index in [1.165, 1.54) is 0 Å². The Morgan fingerprint density at radius 3 is 2.92 bits per heavy atom. The molecule has 1 aliphatic rings. The van der Waals surface area contributed by atoms with E-state index in [0.717, 1.165) is 22.2 Å². The minimum absolute atomic E-state index is 0.417. The Balaban J connectivity index is 1.86. The molecule has 0 bridgehead atoms. The summed E-state index contributed by atoms with van der Waals surface area (Å²) in [5.41, 5.74) is 1.92. The summed E-state index contributed by atoms with van der Waals surface area (Å²) in [6.07, 6.45) is 2.53. The number of aliphatic carboxylic acids is 1. The Hall–Kier alpha value is -2.28. The van der Waals surface area contributed by atoms with E-state index >= 15 is 0 Å². The normalized spacial score (nSPS) is 13.9. The van der Waals surface area contributed by atoms with Crippen molar-refractivity contribution in [3.63, 3.8) is 0 Å². The molecular weight excluding hydrogens is 376 g/mol. The predicted octanol–water partition coefficient (Wildman–Crippen LogP) is 2.76. The fourth-order valence-corrected chi connectivity index (χ4v) is 3.27. The molecule has 0 fully saturated rings. The molecule has 0 aliphatic carbocycles. The quantitative estimate of drug-likeness (QED) is 0.819. The molecule has 1 amide bonds. The van der Waals surface area contributed by atoms with Crippen LogP contribution >= 0.6 is 15.9 Å². The molecule has 1 unspecified atom stereocenters. The standard InChI is InChI=1S/C17H17BrN2O4/c1-2-20-9-12(18)8-13(20)16(21)19-15(17(22)23)11-3-4-14-10(7-11)5-6-24-14/h3-4,7-9,15H,2,5-6H2,1H3,(H,19,21)(H,22,23). The minimum atomic E-state index is -1.11. The summed E-state index contributed by atoms with van der Waals surface area (Å²) in [5.74, 6) is -0.749. The fraction of sp³-hybridized carbons (Fsp3) is 0.294. The van der Waals surface area contributed by atoms with Gasteiger partial charge in [-0.2, -0.15) is 0 Å². The van der Waals surface area contributed by atoms with Crippen molar-refractivity contribution >= 4 is 27.8 Å². The first kappa shape index (κ1) is 16.6. The number of carboxylic acid groups (broad SMARTS) is 1. The molecule has 0 saturated carbocycles. The molecule has 24 heavy (non-hydrogen) atoms. The van der Waals surface area contributed by atoms with E-state index in [9.17, 15) is 14.7 Å². The van der Waals surface area contributed by atoms with Gasteiger partial charge in [-0.1, -0.05) is 6.07 Å². The van der Waals surface area contributed by atoms with Crippen LogP contribution in [0, 0.1) is 0 Å².